The number of nitrogens with zero attached hydrogens (tertiary/aromatic N) is 1. The molecule has 5 nitrogen and oxygen atoms in total. The van der Waals surface area contributed by atoms with Crippen LogP contribution in [0.2, 0.25) is 0 Å². The molecule has 0 aliphatic carbocycles. The SMILES string of the molecule is CN(Cc1ccccc1)C(=O)CNC(=O)CCc1ccccc1N. The summed E-state index contributed by atoms with van der Waals surface area (Å²) in [6.45, 7) is 0.530. The number of likely N-dealkylation sites (N-methyl/N-ethyl adjacent to an activating group) is 1. The number of nitrogens with one attached hydrogen (secondary N) is 1. The summed E-state index contributed by atoms with van der Waals surface area (Å²) in [4.78, 5) is 25.6. The second kappa shape index (κ2) is 8.72. The van der Waals surface area contributed by atoms with Crippen LogP contribution in [0.3, 0.4) is 0 Å². The van der Waals surface area contributed by atoms with E-state index in [1.165, 1.54) is 0 Å². The first kappa shape index (κ1) is 17.5. The highest BCUT2D eigenvalue weighted by Crippen LogP contribution is 2.12. The fourth-order valence-corrected chi connectivity index (χ4v) is 2.35. The molecule has 5 heteroatoms. The molecule has 126 valence electrons. The van der Waals surface area contributed by atoms with E-state index in [9.17, 15) is 9.59 Å². The van der Waals surface area contributed by atoms with Crippen LogP contribution in [0.5, 0.6) is 0 Å². The summed E-state index contributed by atoms with van der Waals surface area (Å²) in [5.41, 5.74) is 8.53. The molecule has 0 aromatic heterocycles. The number of aryl methyl sites for hydroxylation is 1. The van der Waals surface area contributed by atoms with Gasteiger partial charge in [-0.05, 0) is 23.6 Å². The molecule has 2 amide bonds. The van der Waals surface area contributed by atoms with E-state index in [0.29, 0.717) is 25.1 Å². The lowest BCUT2D eigenvalue weighted by atomic mass is 10.1. The number of para-hydroxylation sites is 1. The van der Waals surface area contributed by atoms with E-state index in [0.717, 1.165) is 11.1 Å². The number of nitrogens with two attached hydrogens (primary N) is 1. The average molecular weight is 325 g/mol. The zero-order valence-electron chi connectivity index (χ0n) is 13.9. The lowest BCUT2D eigenvalue weighted by Gasteiger charge is -2.17. The van der Waals surface area contributed by atoms with Crippen LogP contribution >= 0.6 is 0 Å². The third-order valence-electron chi connectivity index (χ3n) is 3.80. The number of nitrogen functional groups attached to an aromatic ring is 1. The van der Waals surface area contributed by atoms with Gasteiger partial charge in [0.15, 0.2) is 0 Å². The first-order valence-electron chi connectivity index (χ1n) is 7.94. The van der Waals surface area contributed by atoms with Crippen molar-refractivity contribution >= 4 is 17.5 Å². The van der Waals surface area contributed by atoms with Crippen LogP contribution in [-0.2, 0) is 22.6 Å². The Morgan fingerprint density at radius 2 is 1.71 bits per heavy atom. The molecule has 3 N–H and O–H groups in total. The van der Waals surface area contributed by atoms with Crippen LogP contribution in [0.1, 0.15) is 17.5 Å². The van der Waals surface area contributed by atoms with Crippen LogP contribution < -0.4 is 11.1 Å². The van der Waals surface area contributed by atoms with Gasteiger partial charge in [0.2, 0.25) is 11.8 Å². The van der Waals surface area contributed by atoms with Gasteiger partial charge in [-0.3, -0.25) is 9.59 Å². The third-order valence-corrected chi connectivity index (χ3v) is 3.80. The Labute approximate surface area is 142 Å². The second-order valence-electron chi connectivity index (χ2n) is 5.71. The van der Waals surface area contributed by atoms with Crippen molar-refractivity contribution in [3.63, 3.8) is 0 Å². The predicted molar refractivity (Wildman–Crippen MR) is 95.1 cm³/mol. The van der Waals surface area contributed by atoms with Gasteiger partial charge in [0.25, 0.3) is 0 Å². The highest BCUT2D eigenvalue weighted by atomic mass is 16.2. The summed E-state index contributed by atoms with van der Waals surface area (Å²) in [5, 5.41) is 2.67. The minimum Gasteiger partial charge on any atom is -0.399 e. The zero-order valence-corrected chi connectivity index (χ0v) is 13.9. The lowest BCUT2D eigenvalue weighted by Crippen LogP contribution is -2.37. The normalized spacial score (nSPS) is 10.2. The van der Waals surface area contributed by atoms with Crippen molar-refractivity contribution in [1.29, 1.82) is 0 Å². The van der Waals surface area contributed by atoms with E-state index in [1.54, 1.807) is 11.9 Å². The molecular weight excluding hydrogens is 302 g/mol. The van der Waals surface area contributed by atoms with Gasteiger partial charge in [-0.15, -0.1) is 0 Å². The number of rotatable bonds is 7. The highest BCUT2D eigenvalue weighted by molar-refractivity contribution is 5.84. The van der Waals surface area contributed by atoms with Crippen LogP contribution in [0.15, 0.2) is 54.6 Å². The van der Waals surface area contributed by atoms with Gasteiger partial charge in [0.1, 0.15) is 0 Å². The zero-order chi connectivity index (χ0) is 17.4. The van der Waals surface area contributed by atoms with Gasteiger partial charge < -0.3 is 16.0 Å². The molecule has 0 atom stereocenters. The smallest absolute Gasteiger partial charge is 0.242 e. The van der Waals surface area contributed by atoms with Crippen molar-refractivity contribution in [2.75, 3.05) is 19.3 Å². The topological polar surface area (TPSA) is 75.4 Å². The molecule has 2 aromatic carbocycles. The van der Waals surface area contributed by atoms with E-state index in [2.05, 4.69) is 5.32 Å². The highest BCUT2D eigenvalue weighted by Gasteiger charge is 2.11. The second-order valence-corrected chi connectivity index (χ2v) is 5.71. The Morgan fingerprint density at radius 1 is 1.04 bits per heavy atom. The van der Waals surface area contributed by atoms with E-state index < -0.39 is 0 Å². The fourth-order valence-electron chi connectivity index (χ4n) is 2.35. The maximum atomic E-state index is 12.1. The molecule has 2 aromatic rings. The molecule has 2 rings (SSSR count). The van der Waals surface area contributed by atoms with Crippen LogP contribution in [0, 0.1) is 0 Å². The largest absolute Gasteiger partial charge is 0.399 e. The molecule has 0 spiro atoms. The molecule has 0 saturated heterocycles. The Hall–Kier alpha value is -2.82. The van der Waals surface area contributed by atoms with Gasteiger partial charge in [-0.2, -0.15) is 0 Å². The Kier molecular flexibility index (Phi) is 6.37. The summed E-state index contributed by atoms with van der Waals surface area (Å²) < 4.78 is 0. The number of hydrogen-bond acceptors (Lipinski definition) is 3. The monoisotopic (exact) mass is 325 g/mol. The number of anilines is 1. The molecular formula is C19H23N3O2. The summed E-state index contributed by atoms with van der Waals surface area (Å²) in [7, 11) is 1.73. The summed E-state index contributed by atoms with van der Waals surface area (Å²) >= 11 is 0. The van der Waals surface area contributed by atoms with Crippen molar-refractivity contribution < 1.29 is 9.59 Å². The molecule has 0 saturated carbocycles. The van der Waals surface area contributed by atoms with E-state index in [1.807, 2.05) is 54.6 Å². The number of amides is 2. The summed E-state index contributed by atoms with van der Waals surface area (Å²) in [6, 6.07) is 17.2. The fraction of sp³-hybridized carbons (Fsp3) is 0.263. The van der Waals surface area contributed by atoms with Crippen molar-refractivity contribution in [2.45, 2.75) is 19.4 Å². The Balaban J connectivity index is 1.73. The number of carbonyl (C=O) groups is 2. The van der Waals surface area contributed by atoms with Crippen LogP contribution in [-0.4, -0.2) is 30.3 Å². The number of carbonyl (C=O) groups excluding carboxylic acids is 2. The number of hydrogen-bond donors (Lipinski definition) is 2. The van der Waals surface area contributed by atoms with E-state index >= 15 is 0 Å². The van der Waals surface area contributed by atoms with Crippen LogP contribution in [0.25, 0.3) is 0 Å². The summed E-state index contributed by atoms with van der Waals surface area (Å²) in [5.74, 6) is -0.272. The first-order chi connectivity index (χ1) is 11.6. The van der Waals surface area contributed by atoms with Gasteiger partial charge in [0, 0.05) is 25.7 Å². The van der Waals surface area contributed by atoms with E-state index in [4.69, 9.17) is 5.73 Å². The molecule has 0 radical (unpaired) electrons. The molecule has 0 aliphatic heterocycles. The molecule has 0 aliphatic rings. The van der Waals surface area contributed by atoms with Crippen molar-refractivity contribution in [1.82, 2.24) is 10.2 Å². The molecule has 0 heterocycles. The third kappa shape index (κ3) is 5.43. The van der Waals surface area contributed by atoms with Gasteiger partial charge in [-0.25, -0.2) is 0 Å². The average Bonchev–Trinajstić information content (AvgIpc) is 2.59. The maximum absolute atomic E-state index is 12.1. The minimum atomic E-state index is -0.153. The molecule has 24 heavy (non-hydrogen) atoms. The summed E-state index contributed by atoms with van der Waals surface area (Å²) in [6.07, 6.45) is 0.871. The molecule has 0 bridgehead atoms. The first-order valence-corrected chi connectivity index (χ1v) is 7.94. The predicted octanol–water partition coefficient (Wildman–Crippen LogP) is 1.98. The van der Waals surface area contributed by atoms with Gasteiger partial charge in [0.05, 0.1) is 6.54 Å². The van der Waals surface area contributed by atoms with Crippen LogP contribution in [0.4, 0.5) is 5.69 Å². The van der Waals surface area contributed by atoms with Crippen molar-refractivity contribution in [3.05, 3.63) is 65.7 Å². The standard InChI is InChI=1S/C19H23N3O2/c1-22(14-15-7-3-2-4-8-15)19(24)13-21-18(23)12-11-16-9-5-6-10-17(16)20/h2-10H,11-14,20H2,1H3,(H,21,23). The molecule has 0 fully saturated rings. The quantitative estimate of drug-likeness (QED) is 0.764. The lowest BCUT2D eigenvalue weighted by molar-refractivity contribution is -0.132. The van der Waals surface area contributed by atoms with Crippen molar-refractivity contribution in [3.8, 4) is 0 Å². The van der Waals surface area contributed by atoms with E-state index in [-0.39, 0.29) is 18.4 Å². The Bertz CT molecular complexity index is 686. The van der Waals surface area contributed by atoms with Gasteiger partial charge in [-0.1, -0.05) is 48.5 Å². The maximum Gasteiger partial charge on any atom is 0.242 e. The number of benzene rings is 2. The van der Waals surface area contributed by atoms with Gasteiger partial charge >= 0.3 is 0 Å². The van der Waals surface area contributed by atoms with Crippen molar-refractivity contribution in [2.24, 2.45) is 0 Å². The Morgan fingerprint density at radius 3 is 2.42 bits per heavy atom. The molecule has 0 unspecified atom stereocenters. The minimum absolute atomic E-state index is 0.00639.